The molecule has 0 aromatic heterocycles. The van der Waals surface area contributed by atoms with E-state index in [1.807, 2.05) is 0 Å². The Bertz CT molecular complexity index is 583. The molecular formula is C19H26F2N2O. The van der Waals surface area contributed by atoms with Gasteiger partial charge in [0.2, 0.25) is 5.91 Å². The van der Waals surface area contributed by atoms with Crippen molar-refractivity contribution in [1.82, 2.24) is 10.2 Å². The van der Waals surface area contributed by atoms with Crippen LogP contribution in [0.4, 0.5) is 8.78 Å². The van der Waals surface area contributed by atoms with E-state index in [4.69, 9.17) is 0 Å². The van der Waals surface area contributed by atoms with Crippen LogP contribution in [0.5, 0.6) is 0 Å². The van der Waals surface area contributed by atoms with Crippen LogP contribution in [0.25, 0.3) is 0 Å². The molecule has 132 valence electrons. The minimum atomic E-state index is -0.584. The Kier molecular flexibility index (Phi) is 5.49. The Morgan fingerprint density at radius 1 is 1.33 bits per heavy atom. The van der Waals surface area contributed by atoms with Crippen molar-refractivity contribution in [3.05, 3.63) is 35.4 Å². The van der Waals surface area contributed by atoms with Crippen LogP contribution in [0.15, 0.2) is 18.2 Å². The number of nitrogens with zero attached hydrogens (tertiary/aromatic N) is 1. The number of benzene rings is 1. The second-order valence-corrected chi connectivity index (χ2v) is 7.28. The number of rotatable bonds is 6. The molecule has 1 aliphatic heterocycles. The molecule has 0 radical (unpaired) electrons. The molecular weight excluding hydrogens is 310 g/mol. The van der Waals surface area contributed by atoms with Crippen molar-refractivity contribution in [3.63, 3.8) is 0 Å². The lowest BCUT2D eigenvalue weighted by atomic mass is 9.85. The zero-order chi connectivity index (χ0) is 17.1. The number of hydrogen-bond donors (Lipinski definition) is 1. The third-order valence-corrected chi connectivity index (χ3v) is 5.30. The van der Waals surface area contributed by atoms with Gasteiger partial charge in [0.25, 0.3) is 0 Å². The molecule has 2 atom stereocenters. The maximum Gasteiger partial charge on any atom is 0.223 e. The molecule has 0 spiro atoms. The zero-order valence-electron chi connectivity index (χ0n) is 14.2. The second kappa shape index (κ2) is 7.60. The first kappa shape index (κ1) is 17.3. The van der Waals surface area contributed by atoms with E-state index in [0.717, 1.165) is 44.8 Å². The van der Waals surface area contributed by atoms with Gasteiger partial charge >= 0.3 is 0 Å². The number of carbonyl (C=O) groups is 1. The monoisotopic (exact) mass is 336 g/mol. The van der Waals surface area contributed by atoms with Crippen LogP contribution in [0.2, 0.25) is 0 Å². The minimum Gasteiger partial charge on any atom is -0.335 e. The number of amides is 1. The highest BCUT2D eigenvalue weighted by Crippen LogP contribution is 2.31. The minimum absolute atomic E-state index is 0.0966. The first-order chi connectivity index (χ1) is 11.5. The van der Waals surface area contributed by atoms with Gasteiger partial charge in [0.15, 0.2) is 0 Å². The molecule has 3 rings (SSSR count). The largest absolute Gasteiger partial charge is 0.335 e. The fourth-order valence-electron chi connectivity index (χ4n) is 3.56. The van der Waals surface area contributed by atoms with Gasteiger partial charge in [-0.05, 0) is 56.7 Å². The van der Waals surface area contributed by atoms with Crippen LogP contribution in [-0.4, -0.2) is 29.9 Å². The van der Waals surface area contributed by atoms with E-state index in [2.05, 4.69) is 12.2 Å². The maximum absolute atomic E-state index is 13.9. The van der Waals surface area contributed by atoms with Crippen LogP contribution >= 0.6 is 0 Å². The first-order valence-corrected chi connectivity index (χ1v) is 8.98. The van der Waals surface area contributed by atoms with E-state index in [0.29, 0.717) is 23.8 Å². The van der Waals surface area contributed by atoms with Gasteiger partial charge in [0.1, 0.15) is 11.6 Å². The molecule has 1 aliphatic carbocycles. The zero-order valence-corrected chi connectivity index (χ0v) is 14.2. The molecule has 1 saturated carbocycles. The molecule has 0 bridgehead atoms. The third kappa shape index (κ3) is 4.32. The van der Waals surface area contributed by atoms with Crippen LogP contribution in [0.1, 0.15) is 44.6 Å². The number of nitrogens with one attached hydrogen (secondary N) is 1. The molecule has 1 saturated heterocycles. The summed E-state index contributed by atoms with van der Waals surface area (Å²) < 4.78 is 27.0. The van der Waals surface area contributed by atoms with Gasteiger partial charge in [-0.15, -0.1) is 0 Å². The lowest BCUT2D eigenvalue weighted by Gasteiger charge is -2.30. The lowest BCUT2D eigenvalue weighted by molar-refractivity contribution is -0.133. The Labute approximate surface area is 142 Å². The standard InChI is InChI=1S/C19H26F2N2O/c1-13(14-3-2-8-22-11-14)9-19(24)23(17-6-7-17)12-15-4-5-16(20)10-18(15)21/h4-5,10,13-14,17,22H,2-3,6-9,11-12H2,1H3. The van der Waals surface area contributed by atoms with Gasteiger partial charge in [-0.25, -0.2) is 8.78 Å². The van der Waals surface area contributed by atoms with E-state index in [-0.39, 0.29) is 18.5 Å². The lowest BCUT2D eigenvalue weighted by Crippen LogP contribution is -2.38. The van der Waals surface area contributed by atoms with Gasteiger partial charge in [0.05, 0.1) is 0 Å². The summed E-state index contributed by atoms with van der Waals surface area (Å²) in [6, 6.07) is 3.81. The summed E-state index contributed by atoms with van der Waals surface area (Å²) >= 11 is 0. The van der Waals surface area contributed by atoms with Crippen LogP contribution < -0.4 is 5.32 Å². The number of carbonyl (C=O) groups excluding carboxylic acids is 1. The Hall–Kier alpha value is -1.49. The Morgan fingerprint density at radius 3 is 2.75 bits per heavy atom. The summed E-state index contributed by atoms with van der Waals surface area (Å²) in [6.07, 6.45) is 4.79. The van der Waals surface area contributed by atoms with E-state index >= 15 is 0 Å². The average Bonchev–Trinajstić information content (AvgIpc) is 3.39. The topological polar surface area (TPSA) is 32.3 Å². The van der Waals surface area contributed by atoms with Crippen molar-refractivity contribution in [2.24, 2.45) is 11.8 Å². The number of halogens is 2. The molecule has 1 aromatic carbocycles. The van der Waals surface area contributed by atoms with Crippen molar-refractivity contribution >= 4 is 5.91 Å². The number of piperidine rings is 1. The smallest absolute Gasteiger partial charge is 0.223 e. The van der Waals surface area contributed by atoms with Crippen molar-refractivity contribution in [1.29, 1.82) is 0 Å². The van der Waals surface area contributed by atoms with E-state index in [1.54, 1.807) is 4.90 Å². The van der Waals surface area contributed by atoms with Crippen LogP contribution in [0.3, 0.4) is 0 Å². The maximum atomic E-state index is 13.9. The summed E-state index contributed by atoms with van der Waals surface area (Å²) in [5, 5.41) is 3.40. The van der Waals surface area contributed by atoms with Crippen LogP contribution in [0, 0.1) is 23.5 Å². The number of hydrogen-bond acceptors (Lipinski definition) is 2. The average molecular weight is 336 g/mol. The van der Waals surface area contributed by atoms with Gasteiger partial charge in [-0.1, -0.05) is 13.0 Å². The Balaban J connectivity index is 1.63. The highest BCUT2D eigenvalue weighted by atomic mass is 19.1. The third-order valence-electron chi connectivity index (χ3n) is 5.30. The summed E-state index contributed by atoms with van der Waals surface area (Å²) in [5.74, 6) is -0.202. The van der Waals surface area contributed by atoms with E-state index < -0.39 is 11.6 Å². The summed E-state index contributed by atoms with van der Waals surface area (Å²) in [5.41, 5.74) is 0.392. The summed E-state index contributed by atoms with van der Waals surface area (Å²) in [4.78, 5) is 14.6. The molecule has 1 N–H and O–H groups in total. The van der Waals surface area contributed by atoms with Gasteiger partial charge in [-0.2, -0.15) is 0 Å². The van der Waals surface area contributed by atoms with Crippen LogP contribution in [-0.2, 0) is 11.3 Å². The highest BCUT2D eigenvalue weighted by molar-refractivity contribution is 5.77. The normalized spacial score (nSPS) is 22.2. The van der Waals surface area contributed by atoms with Crippen molar-refractivity contribution in [3.8, 4) is 0 Å². The molecule has 2 fully saturated rings. The predicted molar refractivity (Wildman–Crippen MR) is 89.3 cm³/mol. The van der Waals surface area contributed by atoms with Gasteiger partial charge in [0, 0.05) is 30.6 Å². The van der Waals surface area contributed by atoms with E-state index in [9.17, 15) is 13.6 Å². The first-order valence-electron chi connectivity index (χ1n) is 8.98. The Morgan fingerprint density at radius 2 is 2.12 bits per heavy atom. The fraction of sp³-hybridized carbons (Fsp3) is 0.632. The molecule has 1 amide bonds. The summed E-state index contributed by atoms with van der Waals surface area (Å²) in [6.45, 7) is 4.42. The van der Waals surface area contributed by atoms with Gasteiger partial charge in [-0.3, -0.25) is 4.79 Å². The molecule has 5 heteroatoms. The quantitative estimate of drug-likeness (QED) is 0.862. The molecule has 1 aromatic rings. The highest BCUT2D eigenvalue weighted by Gasteiger charge is 2.34. The molecule has 2 unspecified atom stereocenters. The predicted octanol–water partition coefficient (Wildman–Crippen LogP) is 3.48. The molecule has 3 nitrogen and oxygen atoms in total. The molecule has 2 aliphatic rings. The molecule has 24 heavy (non-hydrogen) atoms. The van der Waals surface area contributed by atoms with E-state index in [1.165, 1.54) is 12.1 Å². The summed E-state index contributed by atoms with van der Waals surface area (Å²) in [7, 11) is 0. The SMILES string of the molecule is CC(CC(=O)N(Cc1ccc(F)cc1F)C1CC1)C1CCCNC1. The van der Waals surface area contributed by atoms with Gasteiger partial charge < -0.3 is 10.2 Å². The second-order valence-electron chi connectivity index (χ2n) is 7.28. The van der Waals surface area contributed by atoms with Crippen molar-refractivity contribution in [2.45, 2.75) is 51.6 Å². The fourth-order valence-corrected chi connectivity index (χ4v) is 3.56. The molecule has 1 heterocycles. The van der Waals surface area contributed by atoms with Crippen molar-refractivity contribution < 1.29 is 13.6 Å². The van der Waals surface area contributed by atoms with Crippen molar-refractivity contribution in [2.75, 3.05) is 13.1 Å².